The lowest BCUT2D eigenvalue weighted by Crippen LogP contribution is -2.23. The fourth-order valence-electron chi connectivity index (χ4n) is 7.05. The monoisotopic (exact) mass is 567 g/mol. The number of aromatic nitrogens is 3. The van der Waals surface area contributed by atoms with Crippen molar-refractivity contribution in [1.29, 1.82) is 0 Å². The predicted molar refractivity (Wildman–Crippen MR) is 179 cm³/mol. The number of benzene rings is 5. The molecule has 2 aromatic heterocycles. The Kier molecular flexibility index (Phi) is 5.18. The van der Waals surface area contributed by atoms with Gasteiger partial charge in [-0.2, -0.15) is 0 Å². The van der Waals surface area contributed by atoms with Crippen LogP contribution >= 0.6 is 0 Å². The Bertz CT molecular complexity index is 2170. The van der Waals surface area contributed by atoms with E-state index in [9.17, 15) is 0 Å². The van der Waals surface area contributed by atoms with Gasteiger partial charge >= 0.3 is 0 Å². The Hall–Kier alpha value is -5.68. The molecule has 5 heteroatoms. The van der Waals surface area contributed by atoms with Gasteiger partial charge < -0.3 is 9.80 Å². The highest BCUT2D eigenvalue weighted by molar-refractivity contribution is 6.01. The van der Waals surface area contributed by atoms with Crippen molar-refractivity contribution in [2.45, 2.75) is 19.3 Å². The van der Waals surface area contributed by atoms with Crippen molar-refractivity contribution in [3.8, 4) is 22.6 Å². The third-order valence-electron chi connectivity index (χ3n) is 9.15. The molecule has 7 aromatic rings. The van der Waals surface area contributed by atoms with Crippen LogP contribution in [-0.2, 0) is 5.41 Å². The van der Waals surface area contributed by atoms with E-state index >= 15 is 0 Å². The summed E-state index contributed by atoms with van der Waals surface area (Å²) in [6.07, 6.45) is 0. The third-order valence-corrected chi connectivity index (χ3v) is 9.15. The second-order valence-electron chi connectivity index (χ2n) is 12.0. The minimum absolute atomic E-state index is 0.0784. The summed E-state index contributed by atoms with van der Waals surface area (Å²) < 4.78 is 2.03. The number of para-hydroxylation sites is 5. The Morgan fingerprint density at radius 3 is 1.68 bits per heavy atom. The maximum Gasteiger partial charge on any atom is 0.182 e. The number of hydrogen-bond acceptors (Lipinski definition) is 4. The van der Waals surface area contributed by atoms with E-state index < -0.39 is 0 Å². The molecule has 0 fully saturated rings. The van der Waals surface area contributed by atoms with Crippen LogP contribution in [0.5, 0.6) is 0 Å². The van der Waals surface area contributed by atoms with Crippen molar-refractivity contribution in [2.24, 2.45) is 0 Å². The molecule has 0 N–H and O–H groups in total. The largest absolute Gasteiger partial charge is 0.306 e. The molecule has 0 radical (unpaired) electrons. The van der Waals surface area contributed by atoms with E-state index in [4.69, 9.17) is 10.1 Å². The van der Waals surface area contributed by atoms with Crippen molar-refractivity contribution in [1.82, 2.24) is 14.6 Å². The molecule has 0 spiro atoms. The summed E-state index contributed by atoms with van der Waals surface area (Å²) in [5.74, 6) is 0.724. The standard InChI is InChI=1S/C39H29N5/c1-39(2)30-15-7-6-14-29(30)37-31(39)24-25-36-40-38(41-44(36)37)26-20-22-28(23-21-26)43-34-18-10-8-16-32(34)42(27-12-4-3-5-13-27)33-17-9-11-19-35(33)43/h3-25H,1-2H3. The van der Waals surface area contributed by atoms with E-state index in [1.54, 1.807) is 0 Å². The molecule has 5 nitrogen and oxygen atoms in total. The van der Waals surface area contributed by atoms with Crippen molar-refractivity contribution >= 4 is 39.8 Å². The Morgan fingerprint density at radius 1 is 0.500 bits per heavy atom. The van der Waals surface area contributed by atoms with Crippen LogP contribution in [0.2, 0.25) is 0 Å². The second kappa shape index (κ2) is 9.16. The Morgan fingerprint density at radius 2 is 1.05 bits per heavy atom. The molecule has 5 aromatic carbocycles. The van der Waals surface area contributed by atoms with Gasteiger partial charge in [0.15, 0.2) is 11.5 Å². The van der Waals surface area contributed by atoms with Crippen LogP contribution in [-0.4, -0.2) is 14.6 Å². The van der Waals surface area contributed by atoms with Crippen LogP contribution in [0, 0.1) is 0 Å². The van der Waals surface area contributed by atoms with Crippen molar-refractivity contribution in [3.63, 3.8) is 0 Å². The van der Waals surface area contributed by atoms with Crippen LogP contribution in [0.1, 0.15) is 25.0 Å². The van der Waals surface area contributed by atoms with Gasteiger partial charge in [0.1, 0.15) is 0 Å². The molecular formula is C39H29N5. The Labute approximate surface area is 256 Å². The van der Waals surface area contributed by atoms with Gasteiger partial charge in [-0.1, -0.05) is 86.6 Å². The second-order valence-corrected chi connectivity index (χ2v) is 12.0. The molecule has 0 unspecified atom stereocenters. The lowest BCUT2D eigenvalue weighted by molar-refractivity contribution is 0.657. The van der Waals surface area contributed by atoms with Crippen LogP contribution in [0.4, 0.5) is 34.1 Å². The number of rotatable bonds is 3. The summed E-state index contributed by atoms with van der Waals surface area (Å²) in [4.78, 5) is 9.66. The zero-order valence-electron chi connectivity index (χ0n) is 24.5. The first-order valence-electron chi connectivity index (χ1n) is 15.0. The SMILES string of the molecule is CC1(C)c2ccccc2-c2c1ccc1nc(-c3ccc(N4c5ccccc5N(c5ccccc5)c5ccccc54)cc3)nn21. The van der Waals surface area contributed by atoms with Gasteiger partial charge in [-0.25, -0.2) is 9.50 Å². The molecule has 0 bridgehead atoms. The summed E-state index contributed by atoms with van der Waals surface area (Å²) >= 11 is 0. The number of fused-ring (bicyclic) bond motifs is 7. The fraction of sp³-hybridized carbons (Fsp3) is 0.0769. The van der Waals surface area contributed by atoms with Crippen molar-refractivity contribution in [2.75, 3.05) is 9.80 Å². The topological polar surface area (TPSA) is 36.7 Å². The van der Waals surface area contributed by atoms with E-state index in [1.807, 2.05) is 4.52 Å². The van der Waals surface area contributed by atoms with Gasteiger partial charge in [-0.05, 0) is 77.9 Å². The van der Waals surface area contributed by atoms with E-state index in [0.717, 1.165) is 56.9 Å². The van der Waals surface area contributed by atoms with Crippen molar-refractivity contribution < 1.29 is 0 Å². The van der Waals surface area contributed by atoms with Crippen LogP contribution in [0.15, 0.2) is 140 Å². The van der Waals surface area contributed by atoms with E-state index in [2.05, 4.69) is 163 Å². The number of hydrogen-bond donors (Lipinski definition) is 0. The molecular weight excluding hydrogens is 538 g/mol. The molecule has 44 heavy (non-hydrogen) atoms. The lowest BCUT2D eigenvalue weighted by Gasteiger charge is -2.40. The molecule has 9 rings (SSSR count). The average Bonchev–Trinajstić information content (AvgIpc) is 3.61. The van der Waals surface area contributed by atoms with Gasteiger partial charge in [0, 0.05) is 27.9 Å². The van der Waals surface area contributed by atoms with Gasteiger partial charge in [0.2, 0.25) is 0 Å². The van der Waals surface area contributed by atoms with E-state index in [1.165, 1.54) is 16.7 Å². The van der Waals surface area contributed by atoms with Crippen LogP contribution in [0.25, 0.3) is 28.3 Å². The maximum absolute atomic E-state index is 5.06. The predicted octanol–water partition coefficient (Wildman–Crippen LogP) is 9.96. The molecule has 1 aliphatic heterocycles. The number of anilines is 6. The molecule has 0 atom stereocenters. The average molecular weight is 568 g/mol. The van der Waals surface area contributed by atoms with Gasteiger partial charge in [-0.3, -0.25) is 0 Å². The normalized spacial score (nSPS) is 14.2. The number of pyridine rings is 1. The Balaban J connectivity index is 1.14. The summed E-state index contributed by atoms with van der Waals surface area (Å²) in [6, 6.07) is 49.4. The maximum atomic E-state index is 5.06. The van der Waals surface area contributed by atoms with Gasteiger partial charge in [0.05, 0.1) is 28.4 Å². The molecule has 210 valence electrons. The summed E-state index contributed by atoms with van der Waals surface area (Å²) in [5.41, 5.74) is 13.5. The zero-order chi connectivity index (χ0) is 29.4. The summed E-state index contributed by atoms with van der Waals surface area (Å²) in [5, 5.41) is 5.06. The molecule has 1 aliphatic carbocycles. The van der Waals surface area contributed by atoms with E-state index in [-0.39, 0.29) is 5.41 Å². The summed E-state index contributed by atoms with van der Waals surface area (Å²) in [7, 11) is 0. The van der Waals surface area contributed by atoms with Gasteiger partial charge in [-0.15, -0.1) is 5.10 Å². The zero-order valence-corrected chi connectivity index (χ0v) is 24.5. The third kappa shape index (κ3) is 3.47. The highest BCUT2D eigenvalue weighted by Gasteiger charge is 2.37. The minimum Gasteiger partial charge on any atom is -0.306 e. The molecule has 0 saturated carbocycles. The minimum atomic E-state index is -0.0784. The molecule has 0 amide bonds. The van der Waals surface area contributed by atoms with E-state index in [0.29, 0.717) is 0 Å². The first kappa shape index (κ1) is 24.9. The fourth-order valence-corrected chi connectivity index (χ4v) is 7.05. The van der Waals surface area contributed by atoms with Crippen molar-refractivity contribution in [3.05, 3.63) is 151 Å². The highest BCUT2D eigenvalue weighted by atomic mass is 15.3. The molecule has 3 heterocycles. The first-order chi connectivity index (χ1) is 21.6. The lowest BCUT2D eigenvalue weighted by atomic mass is 9.83. The van der Waals surface area contributed by atoms with Crippen LogP contribution in [0.3, 0.4) is 0 Å². The quantitative estimate of drug-likeness (QED) is 0.213. The molecule has 2 aliphatic rings. The summed E-state index contributed by atoms with van der Waals surface area (Å²) in [6.45, 7) is 4.58. The number of nitrogens with zero attached hydrogens (tertiary/aromatic N) is 5. The molecule has 0 saturated heterocycles. The smallest absolute Gasteiger partial charge is 0.182 e. The van der Waals surface area contributed by atoms with Gasteiger partial charge in [0.25, 0.3) is 0 Å². The van der Waals surface area contributed by atoms with Crippen LogP contribution < -0.4 is 9.80 Å². The highest BCUT2D eigenvalue weighted by Crippen LogP contribution is 2.54. The first-order valence-corrected chi connectivity index (χ1v) is 15.0.